The van der Waals surface area contributed by atoms with Gasteiger partial charge in [0.2, 0.25) is 5.56 Å². The number of benzene rings is 2. The molecule has 0 aliphatic rings. The maximum Gasteiger partial charge on any atom is 0.255 e. The van der Waals surface area contributed by atoms with Gasteiger partial charge < -0.3 is 10.3 Å². The number of tetrazole rings is 1. The largest absolute Gasteiger partial charge is 0.322 e. The van der Waals surface area contributed by atoms with Gasteiger partial charge in [-0.15, -0.1) is 10.2 Å². The summed E-state index contributed by atoms with van der Waals surface area (Å²) in [4.78, 5) is 27.7. The number of carbonyl (C=O) groups excluding carboxylic acids is 1. The number of aromatic amines is 2. The van der Waals surface area contributed by atoms with E-state index in [1.165, 1.54) is 17.8 Å². The SMILES string of the molecule is N#Cc1c(-c2cccc(C(=O)Nc3ccc(Cl)cc3)c2)cc(=O)[nH]c1SCc1nn[nH]n1. The van der Waals surface area contributed by atoms with Crippen molar-refractivity contribution in [1.29, 1.82) is 5.26 Å². The molecule has 158 valence electrons. The highest BCUT2D eigenvalue weighted by molar-refractivity contribution is 7.98. The molecule has 2 heterocycles. The average molecular weight is 464 g/mol. The number of hydrogen-bond donors (Lipinski definition) is 3. The van der Waals surface area contributed by atoms with Crippen LogP contribution in [0.25, 0.3) is 11.1 Å². The van der Waals surface area contributed by atoms with Gasteiger partial charge in [0.05, 0.1) is 16.3 Å². The summed E-state index contributed by atoms with van der Waals surface area (Å²) >= 11 is 7.09. The van der Waals surface area contributed by atoms with Gasteiger partial charge in [-0.2, -0.15) is 10.5 Å². The van der Waals surface area contributed by atoms with E-state index in [0.29, 0.717) is 44.0 Å². The molecular formula is C21H14ClN7O2S. The molecule has 0 saturated carbocycles. The van der Waals surface area contributed by atoms with E-state index in [9.17, 15) is 14.9 Å². The Morgan fingerprint density at radius 2 is 2.00 bits per heavy atom. The molecule has 0 radical (unpaired) electrons. The monoisotopic (exact) mass is 463 g/mol. The second kappa shape index (κ2) is 9.47. The van der Waals surface area contributed by atoms with Gasteiger partial charge in [-0.1, -0.05) is 40.7 Å². The Kier molecular flexibility index (Phi) is 6.30. The van der Waals surface area contributed by atoms with Gasteiger partial charge in [0.1, 0.15) is 6.07 Å². The zero-order chi connectivity index (χ0) is 22.5. The lowest BCUT2D eigenvalue weighted by molar-refractivity contribution is 0.102. The minimum atomic E-state index is -0.370. The summed E-state index contributed by atoms with van der Waals surface area (Å²) in [6, 6.07) is 17.0. The Balaban J connectivity index is 1.64. The van der Waals surface area contributed by atoms with E-state index in [2.05, 4.69) is 37.0 Å². The molecule has 0 fully saturated rings. The first-order chi connectivity index (χ1) is 15.5. The van der Waals surface area contributed by atoms with E-state index in [0.717, 1.165) is 0 Å². The zero-order valence-electron chi connectivity index (χ0n) is 16.3. The van der Waals surface area contributed by atoms with Crippen LogP contribution in [0.3, 0.4) is 0 Å². The van der Waals surface area contributed by atoms with Crippen LogP contribution in [0, 0.1) is 11.3 Å². The normalized spacial score (nSPS) is 10.5. The lowest BCUT2D eigenvalue weighted by Crippen LogP contribution is -2.12. The predicted octanol–water partition coefficient (Wildman–Crippen LogP) is 3.62. The van der Waals surface area contributed by atoms with Crippen molar-refractivity contribution in [1.82, 2.24) is 25.6 Å². The molecule has 1 amide bonds. The molecule has 0 bridgehead atoms. The number of carbonyl (C=O) groups is 1. The molecular weight excluding hydrogens is 450 g/mol. The topological polar surface area (TPSA) is 140 Å². The molecule has 2 aromatic carbocycles. The highest BCUT2D eigenvalue weighted by atomic mass is 35.5. The fourth-order valence-electron chi connectivity index (χ4n) is 2.93. The van der Waals surface area contributed by atoms with Crippen molar-refractivity contribution in [2.75, 3.05) is 5.32 Å². The standard InChI is InChI=1S/C21H14ClN7O2S/c22-14-4-6-15(7-5-14)24-20(31)13-3-1-2-12(8-13)16-9-19(30)25-21(17(16)10-23)32-11-18-26-28-29-27-18/h1-9H,11H2,(H,24,31)(H,25,30)(H,26,27,28,29). The van der Waals surface area contributed by atoms with E-state index >= 15 is 0 Å². The van der Waals surface area contributed by atoms with Crippen molar-refractivity contribution in [3.05, 3.63) is 86.9 Å². The quantitative estimate of drug-likeness (QED) is 0.371. The first-order valence-electron chi connectivity index (χ1n) is 9.23. The first kappa shape index (κ1) is 21.3. The molecule has 11 heteroatoms. The van der Waals surface area contributed by atoms with Crippen LogP contribution in [-0.4, -0.2) is 31.5 Å². The minimum absolute atomic E-state index is 0.286. The van der Waals surface area contributed by atoms with Gasteiger partial charge >= 0.3 is 0 Å². The van der Waals surface area contributed by atoms with Crippen LogP contribution in [0.1, 0.15) is 21.7 Å². The number of nitriles is 1. The van der Waals surface area contributed by atoms with Gasteiger partial charge in [0, 0.05) is 27.9 Å². The molecule has 3 N–H and O–H groups in total. The lowest BCUT2D eigenvalue weighted by Gasteiger charge is -2.10. The van der Waals surface area contributed by atoms with Crippen LogP contribution >= 0.6 is 23.4 Å². The molecule has 0 saturated heterocycles. The molecule has 4 aromatic rings. The molecule has 0 aliphatic carbocycles. The Bertz CT molecular complexity index is 1360. The van der Waals surface area contributed by atoms with E-state index in [-0.39, 0.29) is 17.0 Å². The van der Waals surface area contributed by atoms with Crippen molar-refractivity contribution < 1.29 is 4.79 Å². The van der Waals surface area contributed by atoms with E-state index in [4.69, 9.17) is 11.6 Å². The number of nitrogens with one attached hydrogen (secondary N) is 3. The Labute approximate surface area is 190 Å². The zero-order valence-corrected chi connectivity index (χ0v) is 17.9. The molecule has 4 rings (SSSR count). The molecule has 0 unspecified atom stereocenters. The number of nitrogens with zero attached hydrogens (tertiary/aromatic N) is 4. The average Bonchev–Trinajstić information content (AvgIpc) is 3.32. The smallest absolute Gasteiger partial charge is 0.255 e. The fourth-order valence-corrected chi connectivity index (χ4v) is 3.92. The minimum Gasteiger partial charge on any atom is -0.322 e. The number of rotatable bonds is 6. The molecule has 0 atom stereocenters. The summed E-state index contributed by atoms with van der Waals surface area (Å²) in [6.07, 6.45) is 0. The summed E-state index contributed by atoms with van der Waals surface area (Å²) in [5, 5.41) is 27.1. The van der Waals surface area contributed by atoms with Crippen molar-refractivity contribution in [2.24, 2.45) is 0 Å². The van der Waals surface area contributed by atoms with Crippen molar-refractivity contribution in [2.45, 2.75) is 10.8 Å². The van der Waals surface area contributed by atoms with Gasteiger partial charge in [-0.05, 0) is 42.0 Å². The second-order valence-corrected chi connectivity index (χ2v) is 7.94. The molecule has 9 nitrogen and oxygen atoms in total. The highest BCUT2D eigenvalue weighted by Crippen LogP contribution is 2.30. The highest BCUT2D eigenvalue weighted by Gasteiger charge is 2.16. The van der Waals surface area contributed by atoms with Crippen LogP contribution in [0.5, 0.6) is 0 Å². The summed E-state index contributed by atoms with van der Waals surface area (Å²) in [6.45, 7) is 0. The van der Waals surface area contributed by atoms with E-state index < -0.39 is 0 Å². The third kappa shape index (κ3) is 4.85. The number of aromatic nitrogens is 5. The summed E-state index contributed by atoms with van der Waals surface area (Å²) in [5.74, 6) is 0.420. The van der Waals surface area contributed by atoms with Crippen molar-refractivity contribution in [3.63, 3.8) is 0 Å². The summed E-state index contributed by atoms with van der Waals surface area (Å²) < 4.78 is 0. The number of hydrogen-bond acceptors (Lipinski definition) is 7. The third-order valence-electron chi connectivity index (χ3n) is 4.39. The van der Waals surface area contributed by atoms with Gasteiger partial charge in [0.25, 0.3) is 5.91 Å². The maximum atomic E-state index is 12.7. The van der Waals surface area contributed by atoms with Crippen LogP contribution < -0.4 is 10.9 Å². The number of pyridine rings is 1. The molecule has 0 aliphatic heterocycles. The molecule has 0 spiro atoms. The number of thioether (sulfide) groups is 1. The van der Waals surface area contributed by atoms with Crippen molar-refractivity contribution >= 4 is 35.0 Å². The second-order valence-electron chi connectivity index (χ2n) is 6.52. The Morgan fingerprint density at radius 1 is 1.19 bits per heavy atom. The van der Waals surface area contributed by atoms with E-state index in [1.807, 2.05) is 0 Å². The van der Waals surface area contributed by atoms with E-state index in [1.54, 1.807) is 48.5 Å². The van der Waals surface area contributed by atoms with Crippen LogP contribution in [0.2, 0.25) is 5.02 Å². The number of anilines is 1. The van der Waals surface area contributed by atoms with Crippen LogP contribution in [0.4, 0.5) is 5.69 Å². The number of amides is 1. The van der Waals surface area contributed by atoms with Gasteiger partial charge in [-0.3, -0.25) is 9.59 Å². The first-order valence-corrected chi connectivity index (χ1v) is 10.6. The fraction of sp³-hybridized carbons (Fsp3) is 0.0476. The number of halogens is 1. The molecule has 2 aromatic heterocycles. The summed E-state index contributed by atoms with van der Waals surface area (Å²) in [7, 11) is 0. The van der Waals surface area contributed by atoms with Gasteiger partial charge in [0.15, 0.2) is 5.82 Å². The Morgan fingerprint density at radius 3 is 2.72 bits per heavy atom. The maximum absolute atomic E-state index is 12.7. The van der Waals surface area contributed by atoms with Crippen LogP contribution in [0.15, 0.2) is 64.4 Å². The predicted molar refractivity (Wildman–Crippen MR) is 120 cm³/mol. The number of H-pyrrole nitrogens is 2. The van der Waals surface area contributed by atoms with Crippen molar-refractivity contribution in [3.8, 4) is 17.2 Å². The Hall–Kier alpha value is -3.94. The third-order valence-corrected chi connectivity index (χ3v) is 5.64. The van der Waals surface area contributed by atoms with Gasteiger partial charge in [-0.25, -0.2) is 0 Å². The molecule has 32 heavy (non-hydrogen) atoms. The lowest BCUT2D eigenvalue weighted by atomic mass is 10.00. The van der Waals surface area contributed by atoms with Crippen LogP contribution in [-0.2, 0) is 5.75 Å². The summed E-state index contributed by atoms with van der Waals surface area (Å²) in [5.41, 5.74) is 1.88.